The molecule has 1 fully saturated rings. The van der Waals surface area contributed by atoms with Crippen LogP contribution in [-0.4, -0.2) is 49.1 Å². The van der Waals surface area contributed by atoms with Crippen molar-refractivity contribution in [1.29, 1.82) is 0 Å². The van der Waals surface area contributed by atoms with Crippen molar-refractivity contribution in [2.45, 2.75) is 58.5 Å². The van der Waals surface area contributed by atoms with Gasteiger partial charge in [-0.15, -0.1) is 0 Å². The van der Waals surface area contributed by atoms with Crippen LogP contribution in [0.4, 0.5) is 0 Å². The number of nitrogens with one attached hydrogen (secondary N) is 1. The molecule has 32 heavy (non-hydrogen) atoms. The standard InChI is InChI=1S/C29H43N3/c1-4-5-9-20-32-21-12-19-31(24-27-14-7-6-8-15-27)18-11-17-30-23-26(3)29(32)28-16-10-13-25(2)22-28/h6-8,10,13-16,22,29-30H,3-5,9,11-12,17-21,23-24H2,1-2H3. The zero-order valence-electron chi connectivity index (χ0n) is 20.4. The second-order valence-corrected chi connectivity index (χ2v) is 9.36. The Bertz CT molecular complexity index is 801. The molecule has 0 amide bonds. The van der Waals surface area contributed by atoms with Gasteiger partial charge >= 0.3 is 0 Å². The molecule has 174 valence electrons. The lowest BCUT2D eigenvalue weighted by Gasteiger charge is -2.35. The highest BCUT2D eigenvalue weighted by Crippen LogP contribution is 2.29. The summed E-state index contributed by atoms with van der Waals surface area (Å²) in [6.07, 6.45) is 6.18. The Kier molecular flexibility index (Phi) is 10.5. The molecule has 0 radical (unpaired) electrons. The Morgan fingerprint density at radius 1 is 0.969 bits per heavy atom. The average Bonchev–Trinajstić information content (AvgIpc) is 2.78. The van der Waals surface area contributed by atoms with E-state index in [1.807, 2.05) is 0 Å². The molecule has 1 heterocycles. The number of unbranched alkanes of at least 4 members (excludes halogenated alkanes) is 2. The van der Waals surface area contributed by atoms with E-state index in [-0.39, 0.29) is 0 Å². The lowest BCUT2D eigenvalue weighted by Crippen LogP contribution is -2.38. The molecule has 0 aromatic heterocycles. The molecule has 0 aliphatic carbocycles. The highest BCUT2D eigenvalue weighted by atomic mass is 15.2. The Hall–Kier alpha value is -1.94. The van der Waals surface area contributed by atoms with Gasteiger partial charge in [0.2, 0.25) is 0 Å². The Morgan fingerprint density at radius 3 is 2.56 bits per heavy atom. The first-order valence-electron chi connectivity index (χ1n) is 12.6. The lowest BCUT2D eigenvalue weighted by atomic mass is 9.95. The fraction of sp³-hybridized carbons (Fsp3) is 0.517. The highest BCUT2D eigenvalue weighted by molar-refractivity contribution is 5.31. The number of hydrogen-bond acceptors (Lipinski definition) is 3. The van der Waals surface area contributed by atoms with Crippen LogP contribution in [0.1, 0.15) is 61.8 Å². The fourth-order valence-electron chi connectivity index (χ4n) is 4.86. The number of aryl methyl sites for hydroxylation is 1. The van der Waals surface area contributed by atoms with Crippen LogP contribution in [0.25, 0.3) is 0 Å². The van der Waals surface area contributed by atoms with Crippen LogP contribution in [0.5, 0.6) is 0 Å². The van der Waals surface area contributed by atoms with Crippen molar-refractivity contribution in [3.8, 4) is 0 Å². The lowest BCUT2D eigenvalue weighted by molar-refractivity contribution is 0.185. The summed E-state index contributed by atoms with van der Waals surface area (Å²) in [4.78, 5) is 5.34. The Labute approximate surface area is 196 Å². The van der Waals surface area contributed by atoms with Gasteiger partial charge in [0.1, 0.15) is 0 Å². The predicted molar refractivity (Wildman–Crippen MR) is 138 cm³/mol. The van der Waals surface area contributed by atoms with E-state index in [2.05, 4.69) is 90.1 Å². The minimum absolute atomic E-state index is 0.293. The third kappa shape index (κ3) is 7.88. The summed E-state index contributed by atoms with van der Waals surface area (Å²) >= 11 is 0. The van der Waals surface area contributed by atoms with Crippen LogP contribution in [0.15, 0.2) is 66.7 Å². The van der Waals surface area contributed by atoms with Gasteiger partial charge in [0, 0.05) is 19.6 Å². The van der Waals surface area contributed by atoms with Crippen molar-refractivity contribution in [3.05, 3.63) is 83.4 Å². The molecule has 3 rings (SSSR count). The van der Waals surface area contributed by atoms with Crippen LogP contribution in [0.2, 0.25) is 0 Å². The molecule has 0 spiro atoms. The van der Waals surface area contributed by atoms with Crippen molar-refractivity contribution < 1.29 is 0 Å². The van der Waals surface area contributed by atoms with Gasteiger partial charge in [-0.1, -0.05) is 86.5 Å². The van der Waals surface area contributed by atoms with Gasteiger partial charge in [0.15, 0.2) is 0 Å². The monoisotopic (exact) mass is 433 g/mol. The van der Waals surface area contributed by atoms with Crippen LogP contribution < -0.4 is 5.32 Å². The predicted octanol–water partition coefficient (Wildman–Crippen LogP) is 5.97. The van der Waals surface area contributed by atoms with Gasteiger partial charge in [-0.25, -0.2) is 0 Å². The van der Waals surface area contributed by atoms with Gasteiger partial charge in [-0.05, 0) is 69.1 Å². The number of nitrogens with zero attached hydrogens (tertiary/aromatic N) is 2. The molecule has 2 aromatic rings. The summed E-state index contributed by atoms with van der Waals surface area (Å²) in [6, 6.07) is 20.3. The van der Waals surface area contributed by atoms with Gasteiger partial charge in [-0.2, -0.15) is 0 Å². The second-order valence-electron chi connectivity index (χ2n) is 9.36. The van der Waals surface area contributed by atoms with E-state index in [1.54, 1.807) is 0 Å². The maximum atomic E-state index is 4.56. The number of benzene rings is 2. The van der Waals surface area contributed by atoms with Gasteiger partial charge in [0.25, 0.3) is 0 Å². The van der Waals surface area contributed by atoms with E-state index >= 15 is 0 Å². The minimum atomic E-state index is 0.293. The van der Waals surface area contributed by atoms with Crippen LogP contribution in [0.3, 0.4) is 0 Å². The zero-order valence-corrected chi connectivity index (χ0v) is 20.4. The molecule has 1 N–H and O–H groups in total. The molecule has 0 bridgehead atoms. The average molecular weight is 434 g/mol. The van der Waals surface area contributed by atoms with E-state index < -0.39 is 0 Å². The molecule has 1 saturated heterocycles. The van der Waals surface area contributed by atoms with E-state index in [0.29, 0.717) is 6.04 Å². The van der Waals surface area contributed by atoms with Crippen molar-refractivity contribution in [2.75, 3.05) is 39.3 Å². The quantitative estimate of drug-likeness (QED) is 0.429. The molecule has 0 saturated carbocycles. The zero-order chi connectivity index (χ0) is 22.6. The first-order chi connectivity index (χ1) is 15.7. The Balaban J connectivity index is 1.76. The first kappa shape index (κ1) is 24.7. The molecule has 3 nitrogen and oxygen atoms in total. The molecule has 1 unspecified atom stereocenters. The molecular formula is C29H43N3. The molecule has 2 aromatic carbocycles. The number of hydrogen-bond donors (Lipinski definition) is 1. The van der Waals surface area contributed by atoms with Crippen LogP contribution in [-0.2, 0) is 6.54 Å². The van der Waals surface area contributed by atoms with Crippen molar-refractivity contribution in [3.63, 3.8) is 0 Å². The molecule has 3 heteroatoms. The summed E-state index contributed by atoms with van der Waals surface area (Å²) in [6.45, 7) is 16.6. The maximum absolute atomic E-state index is 4.56. The minimum Gasteiger partial charge on any atom is -0.313 e. The van der Waals surface area contributed by atoms with E-state index in [1.165, 1.54) is 54.4 Å². The number of rotatable bonds is 7. The normalized spacial score (nSPS) is 19.9. The highest BCUT2D eigenvalue weighted by Gasteiger charge is 2.23. The van der Waals surface area contributed by atoms with Gasteiger partial charge in [-0.3, -0.25) is 9.80 Å². The largest absolute Gasteiger partial charge is 0.313 e. The van der Waals surface area contributed by atoms with E-state index in [4.69, 9.17) is 0 Å². The van der Waals surface area contributed by atoms with Crippen molar-refractivity contribution >= 4 is 0 Å². The van der Waals surface area contributed by atoms with Crippen molar-refractivity contribution in [2.24, 2.45) is 0 Å². The summed E-state index contributed by atoms with van der Waals surface area (Å²) in [7, 11) is 0. The second kappa shape index (κ2) is 13.6. The van der Waals surface area contributed by atoms with Crippen LogP contribution in [0, 0.1) is 6.92 Å². The maximum Gasteiger partial charge on any atom is 0.0571 e. The first-order valence-corrected chi connectivity index (χ1v) is 12.6. The van der Waals surface area contributed by atoms with Gasteiger partial charge in [0.05, 0.1) is 6.04 Å². The van der Waals surface area contributed by atoms with E-state index in [9.17, 15) is 0 Å². The summed E-state index contributed by atoms with van der Waals surface area (Å²) < 4.78 is 0. The van der Waals surface area contributed by atoms with E-state index in [0.717, 1.165) is 45.8 Å². The fourth-order valence-corrected chi connectivity index (χ4v) is 4.86. The molecule has 1 aliphatic heterocycles. The topological polar surface area (TPSA) is 18.5 Å². The smallest absolute Gasteiger partial charge is 0.0571 e. The van der Waals surface area contributed by atoms with Crippen molar-refractivity contribution in [1.82, 2.24) is 15.1 Å². The molecule has 1 aliphatic rings. The Morgan fingerprint density at radius 2 is 1.78 bits per heavy atom. The van der Waals surface area contributed by atoms with Gasteiger partial charge < -0.3 is 5.32 Å². The molecule has 1 atom stereocenters. The summed E-state index contributed by atoms with van der Waals surface area (Å²) in [5.74, 6) is 0. The van der Waals surface area contributed by atoms with Crippen LogP contribution >= 0.6 is 0 Å². The third-order valence-electron chi connectivity index (χ3n) is 6.51. The molecular weight excluding hydrogens is 390 g/mol. The SMILES string of the molecule is C=C1CNCCCN(Cc2ccccc2)CCCN(CCCCC)C1c1cccc(C)c1. The summed E-state index contributed by atoms with van der Waals surface area (Å²) in [5, 5.41) is 3.69. The summed E-state index contributed by atoms with van der Waals surface area (Å²) in [5.41, 5.74) is 5.44. The third-order valence-corrected chi connectivity index (χ3v) is 6.51.